The van der Waals surface area contributed by atoms with Gasteiger partial charge >= 0.3 is 0 Å². The molecule has 0 atom stereocenters. The molecule has 2 N–H and O–H groups in total. The number of likely N-dealkylation sites (tertiary alicyclic amines) is 1. The summed E-state index contributed by atoms with van der Waals surface area (Å²) in [6.07, 6.45) is 11.3. The molecule has 10 nitrogen and oxygen atoms in total. The first-order chi connectivity index (χ1) is 19.9. The molecule has 1 aliphatic heterocycles. The number of aromatic nitrogens is 3. The van der Waals surface area contributed by atoms with Gasteiger partial charge in [0.25, 0.3) is 11.5 Å². The summed E-state index contributed by atoms with van der Waals surface area (Å²) in [4.78, 5) is 37.9. The van der Waals surface area contributed by atoms with Crippen LogP contribution in [0.4, 0.5) is 11.6 Å². The number of benzene rings is 1. The first kappa shape index (κ1) is 26.8. The largest absolute Gasteiger partial charge is 0.495 e. The molecule has 0 radical (unpaired) electrons. The van der Waals surface area contributed by atoms with Crippen LogP contribution in [0, 0.1) is 5.92 Å². The van der Waals surface area contributed by atoms with E-state index in [1.54, 1.807) is 44.6 Å². The average molecular weight is 555 g/mol. The Morgan fingerprint density at radius 2 is 1.98 bits per heavy atom. The molecule has 1 aromatic carbocycles. The fourth-order valence-corrected chi connectivity index (χ4v) is 5.17. The summed E-state index contributed by atoms with van der Waals surface area (Å²) >= 11 is 0. The monoisotopic (exact) mass is 554 g/mol. The summed E-state index contributed by atoms with van der Waals surface area (Å²) in [6.45, 7) is 2.44. The lowest BCUT2D eigenvalue weighted by Crippen LogP contribution is -2.43. The number of piperidine rings is 1. The number of allylic oxidation sites excluding steroid dienone is 3. The molecule has 10 heteroatoms. The van der Waals surface area contributed by atoms with Crippen molar-refractivity contribution < 1.29 is 14.3 Å². The fraction of sp³-hybridized carbons (Fsp3) is 0.387. The van der Waals surface area contributed by atoms with Crippen molar-refractivity contribution in [2.75, 3.05) is 39.2 Å². The Kier molecular flexibility index (Phi) is 7.34. The quantitative estimate of drug-likeness (QED) is 0.385. The van der Waals surface area contributed by atoms with E-state index >= 15 is 0 Å². The summed E-state index contributed by atoms with van der Waals surface area (Å²) in [7, 11) is 5.35. The normalized spacial score (nSPS) is 17.1. The van der Waals surface area contributed by atoms with Gasteiger partial charge in [0.05, 0.1) is 36.7 Å². The molecule has 3 heterocycles. The number of anilines is 2. The second-order valence-electron chi connectivity index (χ2n) is 10.9. The molecule has 0 bridgehead atoms. The number of amides is 1. The minimum absolute atomic E-state index is 0.124. The van der Waals surface area contributed by atoms with Crippen LogP contribution in [-0.2, 0) is 7.05 Å². The number of pyridine rings is 1. The summed E-state index contributed by atoms with van der Waals surface area (Å²) in [5.74, 6) is 1.44. The van der Waals surface area contributed by atoms with Crippen molar-refractivity contribution in [2.24, 2.45) is 13.0 Å². The maximum absolute atomic E-state index is 13.3. The van der Waals surface area contributed by atoms with E-state index in [9.17, 15) is 9.59 Å². The van der Waals surface area contributed by atoms with E-state index in [1.165, 1.54) is 4.57 Å². The van der Waals surface area contributed by atoms with Crippen molar-refractivity contribution in [3.05, 3.63) is 69.8 Å². The second kappa shape index (κ2) is 11.2. The highest BCUT2D eigenvalue weighted by Gasteiger charge is 2.26. The molecule has 1 saturated heterocycles. The smallest absolute Gasteiger partial charge is 0.293 e. The Balaban J connectivity index is 1.31. The topological polar surface area (TPSA) is 111 Å². The zero-order valence-corrected chi connectivity index (χ0v) is 23.6. The Bertz CT molecular complexity index is 1660. The van der Waals surface area contributed by atoms with Crippen molar-refractivity contribution >= 4 is 34.1 Å². The first-order valence-corrected chi connectivity index (χ1v) is 14.0. The number of aryl methyl sites for hydroxylation is 1. The number of hydrogen-bond acceptors (Lipinski definition) is 8. The number of carbonyl (C=O) groups is 1. The van der Waals surface area contributed by atoms with Gasteiger partial charge in [-0.3, -0.25) is 9.59 Å². The average Bonchev–Trinajstić information content (AvgIpc) is 3.66. The van der Waals surface area contributed by atoms with Gasteiger partial charge in [0.15, 0.2) is 5.75 Å². The Morgan fingerprint density at radius 1 is 1.17 bits per heavy atom. The van der Waals surface area contributed by atoms with Gasteiger partial charge in [0.2, 0.25) is 5.95 Å². The number of carbonyl (C=O) groups excluding carboxylic acids is 1. The third-order valence-corrected chi connectivity index (χ3v) is 7.89. The van der Waals surface area contributed by atoms with Crippen molar-refractivity contribution in [3.63, 3.8) is 0 Å². The van der Waals surface area contributed by atoms with Gasteiger partial charge in [-0.1, -0.05) is 6.08 Å². The van der Waals surface area contributed by atoms with Crippen LogP contribution >= 0.6 is 0 Å². The Morgan fingerprint density at radius 3 is 2.68 bits per heavy atom. The molecule has 6 rings (SSSR count). The Labute approximate surface area is 238 Å². The van der Waals surface area contributed by atoms with E-state index in [2.05, 4.69) is 33.3 Å². The molecule has 0 spiro atoms. The Hall–Kier alpha value is -4.40. The van der Waals surface area contributed by atoms with Crippen LogP contribution in [0.1, 0.15) is 41.6 Å². The number of hydrogen-bond donors (Lipinski definition) is 2. The lowest BCUT2D eigenvalue weighted by Gasteiger charge is -2.29. The molecule has 2 aromatic heterocycles. The van der Waals surface area contributed by atoms with Crippen LogP contribution in [0.15, 0.2) is 53.1 Å². The van der Waals surface area contributed by atoms with E-state index in [1.807, 2.05) is 12.2 Å². The summed E-state index contributed by atoms with van der Waals surface area (Å²) in [5.41, 5.74) is 6.60. The third kappa shape index (κ3) is 5.62. The third-order valence-electron chi connectivity index (χ3n) is 7.89. The number of ether oxygens (including phenoxy) is 2. The highest BCUT2D eigenvalue weighted by molar-refractivity contribution is 5.96. The molecule has 2 aliphatic carbocycles. The van der Waals surface area contributed by atoms with Gasteiger partial charge < -0.3 is 29.6 Å². The summed E-state index contributed by atoms with van der Waals surface area (Å²) in [6, 6.07) is 5.42. The van der Waals surface area contributed by atoms with Crippen molar-refractivity contribution in [2.45, 2.75) is 31.7 Å². The van der Waals surface area contributed by atoms with Crippen LogP contribution < -0.4 is 25.7 Å². The standard InChI is InChI=1S/C31H34N6O4/c1-36-14-12-22(13-15-36)33-29(38)21-10-11-23(25(16-21)40-3)34-31-32-17-24-27(35-31)26(20-6-4-5-7-20)28(30(39)37(24)2)41-18-19-8-9-19/h4-6,10-11,16-17,19,22H,8-9,12-15,18H2,1-3H3,(H,33,38)(H,32,34,35). The van der Waals surface area contributed by atoms with Gasteiger partial charge in [-0.05, 0) is 82.1 Å². The van der Waals surface area contributed by atoms with Crippen LogP contribution in [0.5, 0.6) is 11.5 Å². The van der Waals surface area contributed by atoms with Gasteiger partial charge in [-0.15, -0.1) is 5.73 Å². The van der Waals surface area contributed by atoms with Gasteiger partial charge in [-0.25, -0.2) is 9.97 Å². The molecule has 2 fully saturated rings. The molecule has 3 aromatic rings. The highest BCUT2D eigenvalue weighted by atomic mass is 16.5. The molecule has 212 valence electrons. The highest BCUT2D eigenvalue weighted by Crippen LogP contribution is 2.35. The zero-order chi connectivity index (χ0) is 28.5. The number of nitrogens with one attached hydrogen (secondary N) is 2. The van der Waals surface area contributed by atoms with Gasteiger partial charge in [-0.2, -0.15) is 0 Å². The molecule has 1 saturated carbocycles. The molecule has 1 amide bonds. The maximum atomic E-state index is 13.3. The van der Waals surface area contributed by atoms with Gasteiger partial charge in [0, 0.05) is 24.2 Å². The van der Waals surface area contributed by atoms with Crippen LogP contribution in [0.3, 0.4) is 0 Å². The lowest BCUT2D eigenvalue weighted by molar-refractivity contribution is 0.0916. The van der Waals surface area contributed by atoms with E-state index in [4.69, 9.17) is 14.5 Å². The van der Waals surface area contributed by atoms with Crippen molar-refractivity contribution in [1.82, 2.24) is 24.8 Å². The fourth-order valence-electron chi connectivity index (χ4n) is 5.17. The first-order valence-electron chi connectivity index (χ1n) is 14.0. The second-order valence-corrected chi connectivity index (χ2v) is 10.9. The molecule has 3 aliphatic rings. The summed E-state index contributed by atoms with van der Waals surface area (Å²) < 4.78 is 13.2. The van der Waals surface area contributed by atoms with E-state index < -0.39 is 0 Å². The van der Waals surface area contributed by atoms with E-state index in [0.29, 0.717) is 52.1 Å². The molecular formula is C31H34N6O4. The minimum Gasteiger partial charge on any atom is -0.495 e. The van der Waals surface area contributed by atoms with Gasteiger partial charge in [0.1, 0.15) is 11.3 Å². The van der Waals surface area contributed by atoms with Crippen molar-refractivity contribution in [3.8, 4) is 11.5 Å². The number of methoxy groups -OCH3 is 1. The lowest BCUT2D eigenvalue weighted by atomic mass is 10.0. The predicted molar refractivity (Wildman–Crippen MR) is 158 cm³/mol. The summed E-state index contributed by atoms with van der Waals surface area (Å²) in [5, 5.41) is 6.37. The minimum atomic E-state index is -0.233. The van der Waals surface area contributed by atoms with E-state index in [-0.39, 0.29) is 23.3 Å². The van der Waals surface area contributed by atoms with Crippen LogP contribution in [0.25, 0.3) is 16.6 Å². The predicted octanol–water partition coefficient (Wildman–Crippen LogP) is 3.80. The SMILES string of the molecule is COc1cc(C(=O)NC2CCN(C)CC2)ccc1Nc1ncc2c(n1)c(C1=C=CC=C1)c(OCC1CC1)c(=O)n2C. The number of fused-ring (bicyclic) bond motifs is 1. The number of rotatable bonds is 9. The van der Waals surface area contributed by atoms with Crippen molar-refractivity contribution in [1.29, 1.82) is 0 Å². The maximum Gasteiger partial charge on any atom is 0.293 e. The van der Waals surface area contributed by atoms with Crippen LogP contribution in [-0.4, -0.2) is 65.2 Å². The zero-order valence-electron chi connectivity index (χ0n) is 23.6. The molecule has 0 unspecified atom stereocenters. The van der Waals surface area contributed by atoms with E-state index in [0.717, 1.165) is 44.3 Å². The molecule has 41 heavy (non-hydrogen) atoms. The molecular weight excluding hydrogens is 520 g/mol. The number of nitrogens with zero attached hydrogens (tertiary/aromatic N) is 4. The van der Waals surface area contributed by atoms with Crippen LogP contribution in [0.2, 0.25) is 0 Å².